The molecule has 0 aromatic carbocycles. The first-order valence-corrected chi connectivity index (χ1v) is 4.49. The quantitative estimate of drug-likeness (QED) is 0.744. The Bertz CT molecular complexity index is 390. The molecule has 0 N–H and O–H groups in total. The molecule has 0 atom stereocenters. The van der Waals surface area contributed by atoms with Crippen molar-refractivity contribution in [2.45, 2.75) is 0 Å². The molecule has 0 aliphatic heterocycles. The van der Waals surface area contributed by atoms with Crippen molar-refractivity contribution in [1.82, 2.24) is 14.5 Å². The lowest BCUT2D eigenvalue weighted by Crippen LogP contribution is -1.73. The van der Waals surface area contributed by atoms with Crippen molar-refractivity contribution in [3.05, 3.63) is 62.0 Å². The van der Waals surface area contributed by atoms with E-state index < -0.39 is 0 Å². The van der Waals surface area contributed by atoms with Crippen molar-refractivity contribution in [2.24, 2.45) is 0 Å². The maximum atomic E-state index is 3.85. The van der Waals surface area contributed by atoms with Gasteiger partial charge in [-0.25, -0.2) is 4.98 Å². The fourth-order valence-corrected chi connectivity index (χ4v) is 0.877. The van der Waals surface area contributed by atoms with Crippen molar-refractivity contribution >= 4 is 12.3 Å². The molecular formula is C12H13N3. The molecule has 2 aromatic rings. The van der Waals surface area contributed by atoms with Crippen LogP contribution in [0.1, 0.15) is 5.56 Å². The fraction of sp³-hybridized carbons (Fsp3) is 0. The van der Waals surface area contributed by atoms with E-state index in [4.69, 9.17) is 0 Å². The van der Waals surface area contributed by atoms with E-state index in [2.05, 4.69) is 23.1 Å². The first-order chi connectivity index (χ1) is 7.36. The van der Waals surface area contributed by atoms with E-state index >= 15 is 0 Å². The lowest BCUT2D eigenvalue weighted by Gasteiger charge is -1.84. The summed E-state index contributed by atoms with van der Waals surface area (Å²) in [7, 11) is 0. The van der Waals surface area contributed by atoms with Gasteiger partial charge in [-0.1, -0.05) is 19.2 Å². The second-order valence-electron chi connectivity index (χ2n) is 2.68. The smallest absolute Gasteiger partial charge is 0.0986 e. The van der Waals surface area contributed by atoms with Gasteiger partial charge in [0.25, 0.3) is 0 Å². The molecule has 0 aliphatic carbocycles. The van der Waals surface area contributed by atoms with E-state index in [0.29, 0.717) is 0 Å². The van der Waals surface area contributed by atoms with E-state index in [1.54, 1.807) is 41.8 Å². The highest BCUT2D eigenvalue weighted by Crippen LogP contribution is 1.95. The van der Waals surface area contributed by atoms with Crippen molar-refractivity contribution < 1.29 is 0 Å². The van der Waals surface area contributed by atoms with Crippen LogP contribution in [0.25, 0.3) is 12.3 Å². The summed E-state index contributed by atoms with van der Waals surface area (Å²) in [6.45, 7) is 7.13. The topological polar surface area (TPSA) is 30.7 Å². The van der Waals surface area contributed by atoms with Crippen LogP contribution in [0.15, 0.2) is 56.4 Å². The molecule has 0 aliphatic rings. The Labute approximate surface area is 89.4 Å². The van der Waals surface area contributed by atoms with Gasteiger partial charge in [-0.15, -0.1) is 0 Å². The zero-order chi connectivity index (χ0) is 10.9. The van der Waals surface area contributed by atoms with Gasteiger partial charge in [0.15, 0.2) is 0 Å². The van der Waals surface area contributed by atoms with Gasteiger partial charge in [0.1, 0.15) is 0 Å². The van der Waals surface area contributed by atoms with Gasteiger partial charge in [0.2, 0.25) is 0 Å². The van der Waals surface area contributed by atoms with Crippen molar-refractivity contribution in [2.75, 3.05) is 0 Å². The van der Waals surface area contributed by atoms with E-state index in [1.807, 2.05) is 18.3 Å². The minimum absolute atomic E-state index is 1.11. The average molecular weight is 199 g/mol. The molecule has 76 valence electrons. The van der Waals surface area contributed by atoms with Gasteiger partial charge in [0, 0.05) is 31.0 Å². The van der Waals surface area contributed by atoms with Gasteiger partial charge < -0.3 is 4.57 Å². The van der Waals surface area contributed by atoms with Gasteiger partial charge in [-0.3, -0.25) is 4.98 Å². The Hall–Kier alpha value is -2.16. The van der Waals surface area contributed by atoms with Gasteiger partial charge >= 0.3 is 0 Å². The minimum atomic E-state index is 1.11. The second-order valence-corrected chi connectivity index (χ2v) is 2.68. The van der Waals surface area contributed by atoms with E-state index in [-0.39, 0.29) is 0 Å². The summed E-state index contributed by atoms with van der Waals surface area (Å²) >= 11 is 0. The molecule has 2 rings (SSSR count). The normalized spacial score (nSPS) is 8.53. The molecule has 3 nitrogen and oxygen atoms in total. The molecule has 0 saturated carbocycles. The second kappa shape index (κ2) is 6.32. The zero-order valence-electron chi connectivity index (χ0n) is 8.45. The highest BCUT2D eigenvalue weighted by molar-refractivity contribution is 5.44. The van der Waals surface area contributed by atoms with Crippen LogP contribution < -0.4 is 0 Å². The molecular weight excluding hydrogens is 186 g/mol. The lowest BCUT2D eigenvalue weighted by molar-refractivity contribution is 1.14. The van der Waals surface area contributed by atoms with Gasteiger partial charge in [-0.2, -0.15) is 0 Å². The molecule has 3 heteroatoms. The standard InChI is InChI=1S/C7H7N.C5H6N2/c1-2-7-3-5-8-6-4-7;1-2-7-4-3-6-5-7/h2-6H,1H2;2-5H,1H2. The first kappa shape index (κ1) is 10.9. The molecule has 0 amide bonds. The molecule has 0 unspecified atom stereocenters. The summed E-state index contributed by atoms with van der Waals surface area (Å²) in [6.07, 6.45) is 12.2. The summed E-state index contributed by atoms with van der Waals surface area (Å²) in [5.74, 6) is 0. The van der Waals surface area contributed by atoms with Gasteiger partial charge in [-0.05, 0) is 17.7 Å². The predicted molar refractivity (Wildman–Crippen MR) is 62.9 cm³/mol. The van der Waals surface area contributed by atoms with Crippen molar-refractivity contribution in [1.29, 1.82) is 0 Å². The van der Waals surface area contributed by atoms with Crippen LogP contribution in [0.4, 0.5) is 0 Å². The van der Waals surface area contributed by atoms with E-state index in [9.17, 15) is 0 Å². The Morgan fingerprint density at radius 1 is 1.07 bits per heavy atom. The van der Waals surface area contributed by atoms with Crippen LogP contribution in [-0.4, -0.2) is 14.5 Å². The Morgan fingerprint density at radius 3 is 2.13 bits per heavy atom. The van der Waals surface area contributed by atoms with Crippen molar-refractivity contribution in [3.63, 3.8) is 0 Å². The third-order valence-electron chi connectivity index (χ3n) is 1.68. The monoisotopic (exact) mass is 199 g/mol. The molecule has 2 aromatic heterocycles. The number of imidazole rings is 1. The average Bonchev–Trinajstić information content (AvgIpc) is 2.84. The molecule has 0 spiro atoms. The highest BCUT2D eigenvalue weighted by atomic mass is 15.0. The first-order valence-electron chi connectivity index (χ1n) is 4.49. The van der Waals surface area contributed by atoms with Crippen molar-refractivity contribution in [3.8, 4) is 0 Å². The number of hydrogen-bond donors (Lipinski definition) is 0. The molecule has 0 radical (unpaired) electrons. The Balaban J connectivity index is 0.000000151. The summed E-state index contributed by atoms with van der Waals surface area (Å²) < 4.78 is 1.78. The third-order valence-corrected chi connectivity index (χ3v) is 1.68. The van der Waals surface area contributed by atoms with Crippen LogP contribution in [0.2, 0.25) is 0 Å². The van der Waals surface area contributed by atoms with E-state index in [0.717, 1.165) is 5.56 Å². The van der Waals surface area contributed by atoms with Crippen LogP contribution in [0, 0.1) is 0 Å². The zero-order valence-corrected chi connectivity index (χ0v) is 8.45. The SMILES string of the molecule is C=Cc1ccncc1.C=Cn1ccnc1. The molecule has 0 fully saturated rings. The predicted octanol–water partition coefficient (Wildman–Crippen LogP) is 2.71. The summed E-state index contributed by atoms with van der Waals surface area (Å²) in [6, 6.07) is 3.82. The number of nitrogens with zero attached hydrogens (tertiary/aromatic N) is 3. The van der Waals surface area contributed by atoms with E-state index in [1.165, 1.54) is 0 Å². The number of aromatic nitrogens is 3. The van der Waals surface area contributed by atoms with Crippen LogP contribution in [0.5, 0.6) is 0 Å². The largest absolute Gasteiger partial charge is 0.314 e. The Kier molecular flexibility index (Phi) is 4.60. The fourth-order valence-electron chi connectivity index (χ4n) is 0.877. The minimum Gasteiger partial charge on any atom is -0.314 e. The highest BCUT2D eigenvalue weighted by Gasteiger charge is 1.76. The number of hydrogen-bond acceptors (Lipinski definition) is 2. The molecule has 2 heterocycles. The van der Waals surface area contributed by atoms with Gasteiger partial charge in [0.05, 0.1) is 6.33 Å². The molecule has 0 saturated heterocycles. The third kappa shape index (κ3) is 4.04. The summed E-state index contributed by atoms with van der Waals surface area (Å²) in [5.41, 5.74) is 1.11. The number of pyridine rings is 1. The summed E-state index contributed by atoms with van der Waals surface area (Å²) in [5, 5.41) is 0. The summed E-state index contributed by atoms with van der Waals surface area (Å²) in [4.78, 5) is 7.63. The van der Waals surface area contributed by atoms with Crippen LogP contribution >= 0.6 is 0 Å². The molecule has 0 bridgehead atoms. The lowest BCUT2D eigenvalue weighted by atomic mass is 10.3. The maximum Gasteiger partial charge on any atom is 0.0986 e. The number of rotatable bonds is 2. The Morgan fingerprint density at radius 2 is 1.80 bits per heavy atom. The van der Waals surface area contributed by atoms with Crippen LogP contribution in [-0.2, 0) is 0 Å². The molecule has 15 heavy (non-hydrogen) atoms. The maximum absolute atomic E-state index is 3.85. The van der Waals surface area contributed by atoms with Crippen LogP contribution in [0.3, 0.4) is 0 Å².